The van der Waals surface area contributed by atoms with Crippen molar-refractivity contribution < 1.29 is 4.79 Å². The van der Waals surface area contributed by atoms with Crippen molar-refractivity contribution in [3.8, 4) is 0 Å². The summed E-state index contributed by atoms with van der Waals surface area (Å²) in [5, 5.41) is 2.13. The number of thiophene rings is 1. The number of hydrogen-bond acceptors (Lipinski definition) is 4. The number of hydrogen-bond donors (Lipinski definition) is 1. The number of aryl methyl sites for hydroxylation is 1. The van der Waals surface area contributed by atoms with Gasteiger partial charge in [0.15, 0.2) is 0 Å². The number of allylic oxidation sites excluding steroid dienone is 2. The lowest BCUT2D eigenvalue weighted by atomic mass is 9.90. The molecule has 3 heterocycles. The van der Waals surface area contributed by atoms with Gasteiger partial charge in [0, 0.05) is 41.7 Å². The number of carbonyl (C=O) groups excluding carboxylic acids is 1. The van der Waals surface area contributed by atoms with Gasteiger partial charge < -0.3 is 10.6 Å². The van der Waals surface area contributed by atoms with Crippen LogP contribution >= 0.6 is 11.3 Å². The van der Waals surface area contributed by atoms with E-state index >= 15 is 0 Å². The Balaban J connectivity index is 1.30. The number of benzene rings is 1. The minimum Gasteiger partial charge on any atom is -0.371 e. The predicted molar refractivity (Wildman–Crippen MR) is 129 cm³/mol. The lowest BCUT2D eigenvalue weighted by Gasteiger charge is -2.34. The van der Waals surface area contributed by atoms with Crippen molar-refractivity contribution in [2.45, 2.75) is 44.9 Å². The molecule has 0 spiro atoms. The van der Waals surface area contributed by atoms with E-state index in [-0.39, 0.29) is 11.8 Å². The number of primary amides is 1. The van der Waals surface area contributed by atoms with Gasteiger partial charge in [0.2, 0.25) is 5.91 Å². The smallest absolute Gasteiger partial charge is 0.222 e. The van der Waals surface area contributed by atoms with E-state index < -0.39 is 0 Å². The molecular weight excluding hydrogens is 402 g/mol. The normalized spacial score (nSPS) is 22.2. The van der Waals surface area contributed by atoms with Gasteiger partial charge in [-0.1, -0.05) is 30.3 Å². The zero-order chi connectivity index (χ0) is 21.2. The average molecular weight is 434 g/mol. The molecule has 5 rings (SSSR count). The largest absolute Gasteiger partial charge is 0.371 e. The van der Waals surface area contributed by atoms with Crippen molar-refractivity contribution >= 4 is 28.6 Å². The molecule has 1 aromatic carbocycles. The van der Waals surface area contributed by atoms with Crippen LogP contribution < -0.4 is 10.6 Å². The summed E-state index contributed by atoms with van der Waals surface area (Å²) in [4.78, 5) is 20.5. The number of rotatable bonds is 8. The van der Waals surface area contributed by atoms with Crippen LogP contribution in [0.15, 0.2) is 58.5 Å². The van der Waals surface area contributed by atoms with Crippen LogP contribution in [0.3, 0.4) is 0 Å². The van der Waals surface area contributed by atoms with E-state index in [2.05, 4.69) is 52.8 Å². The van der Waals surface area contributed by atoms with Crippen LogP contribution in [0.5, 0.6) is 0 Å². The summed E-state index contributed by atoms with van der Waals surface area (Å²) >= 11 is 1.79. The van der Waals surface area contributed by atoms with Crippen LogP contribution in [0.1, 0.15) is 49.0 Å². The van der Waals surface area contributed by atoms with Crippen LogP contribution in [0.25, 0.3) is 0 Å². The van der Waals surface area contributed by atoms with E-state index in [1.807, 2.05) is 0 Å². The van der Waals surface area contributed by atoms with Crippen LogP contribution in [0, 0.1) is 17.8 Å². The highest BCUT2D eigenvalue weighted by Gasteiger charge is 2.35. The van der Waals surface area contributed by atoms with E-state index in [0.29, 0.717) is 5.92 Å². The Morgan fingerprint density at radius 2 is 2.06 bits per heavy atom. The first kappa shape index (κ1) is 20.5. The Labute approximate surface area is 188 Å². The summed E-state index contributed by atoms with van der Waals surface area (Å²) in [6.45, 7) is 1.75. The van der Waals surface area contributed by atoms with Gasteiger partial charge in [-0.15, -0.1) is 11.3 Å². The van der Waals surface area contributed by atoms with Crippen LogP contribution in [-0.2, 0) is 11.2 Å². The highest BCUT2D eigenvalue weighted by Crippen LogP contribution is 2.45. The molecule has 2 aromatic rings. The molecule has 1 aliphatic carbocycles. The second kappa shape index (κ2) is 8.99. The number of piperidine rings is 1. The van der Waals surface area contributed by atoms with E-state index in [1.165, 1.54) is 40.4 Å². The predicted octanol–water partition coefficient (Wildman–Crippen LogP) is 5.19. The zero-order valence-electron chi connectivity index (χ0n) is 18.0. The number of nitrogens with two attached hydrogens (primary N) is 1. The Morgan fingerprint density at radius 1 is 1.19 bits per heavy atom. The van der Waals surface area contributed by atoms with E-state index in [9.17, 15) is 4.79 Å². The van der Waals surface area contributed by atoms with Gasteiger partial charge in [-0.2, -0.15) is 0 Å². The highest BCUT2D eigenvalue weighted by molar-refractivity contribution is 7.12. The zero-order valence-corrected chi connectivity index (χ0v) is 18.8. The monoisotopic (exact) mass is 433 g/mol. The molecule has 2 atom stereocenters. The third-order valence-corrected chi connectivity index (χ3v) is 7.94. The van der Waals surface area contributed by atoms with Gasteiger partial charge in [0.25, 0.3) is 0 Å². The lowest BCUT2D eigenvalue weighted by molar-refractivity contribution is -0.122. The van der Waals surface area contributed by atoms with Crippen molar-refractivity contribution in [3.05, 3.63) is 64.0 Å². The van der Waals surface area contributed by atoms with E-state index in [4.69, 9.17) is 10.7 Å². The highest BCUT2D eigenvalue weighted by atomic mass is 32.1. The summed E-state index contributed by atoms with van der Waals surface area (Å²) < 4.78 is 0. The lowest BCUT2D eigenvalue weighted by Crippen LogP contribution is -2.41. The second-order valence-corrected chi connectivity index (χ2v) is 10.1. The van der Waals surface area contributed by atoms with Crippen molar-refractivity contribution in [3.63, 3.8) is 0 Å². The molecule has 1 amide bonds. The fourth-order valence-electron chi connectivity index (χ4n) is 5.17. The maximum absolute atomic E-state index is 11.7. The second-order valence-electron chi connectivity index (χ2n) is 9.17. The van der Waals surface area contributed by atoms with Crippen LogP contribution in [0.2, 0.25) is 0 Å². The van der Waals surface area contributed by atoms with Gasteiger partial charge in [0.05, 0.1) is 11.6 Å². The summed E-state index contributed by atoms with van der Waals surface area (Å²) in [6.07, 6.45) is 10.1. The maximum atomic E-state index is 11.7. The molecule has 31 heavy (non-hydrogen) atoms. The first-order chi connectivity index (χ1) is 15.2. The number of aliphatic imine (C=N–C) groups is 1. The number of carbonyl (C=O) groups is 1. The summed E-state index contributed by atoms with van der Waals surface area (Å²) in [5.74, 6) is 1.16. The van der Waals surface area contributed by atoms with Gasteiger partial charge in [0.1, 0.15) is 0 Å². The third-order valence-electron chi connectivity index (χ3n) is 7.03. The number of nitrogens with zero attached hydrogens (tertiary/aromatic N) is 2. The molecule has 1 saturated carbocycles. The van der Waals surface area contributed by atoms with Crippen molar-refractivity contribution in [2.75, 3.05) is 18.0 Å². The summed E-state index contributed by atoms with van der Waals surface area (Å²) in [5.41, 5.74) is 10.8. The van der Waals surface area contributed by atoms with Crippen molar-refractivity contribution in [1.29, 1.82) is 0 Å². The van der Waals surface area contributed by atoms with Crippen LogP contribution in [0.4, 0.5) is 5.69 Å². The number of para-hydroxylation sites is 1. The Bertz CT molecular complexity index is 990. The molecule has 2 aliphatic heterocycles. The van der Waals surface area contributed by atoms with Gasteiger partial charge in [-0.3, -0.25) is 9.79 Å². The average Bonchev–Trinajstić information content (AvgIpc) is 3.26. The minimum atomic E-state index is -0.163. The molecule has 0 radical (unpaired) electrons. The van der Waals surface area contributed by atoms with Crippen molar-refractivity contribution in [2.24, 2.45) is 28.5 Å². The molecule has 2 fully saturated rings. The van der Waals surface area contributed by atoms with E-state index in [0.717, 1.165) is 51.1 Å². The fraction of sp³-hybridized carbons (Fsp3) is 0.462. The molecule has 2 N–H and O–H groups in total. The van der Waals surface area contributed by atoms with Crippen molar-refractivity contribution in [1.82, 2.24) is 0 Å². The number of anilines is 1. The molecule has 3 aliphatic rings. The molecule has 1 saturated heterocycles. The Hall–Kier alpha value is -2.40. The third kappa shape index (κ3) is 4.62. The molecular formula is C26H31N3OS. The number of amides is 1. The summed E-state index contributed by atoms with van der Waals surface area (Å²) in [7, 11) is 0. The maximum Gasteiger partial charge on any atom is 0.222 e. The fourth-order valence-corrected chi connectivity index (χ4v) is 5.90. The van der Waals surface area contributed by atoms with Gasteiger partial charge >= 0.3 is 0 Å². The summed E-state index contributed by atoms with van der Waals surface area (Å²) in [6, 6.07) is 13.0. The van der Waals surface area contributed by atoms with E-state index in [1.54, 1.807) is 11.3 Å². The molecule has 0 bridgehead atoms. The van der Waals surface area contributed by atoms with Gasteiger partial charge in [-0.25, -0.2) is 0 Å². The molecule has 162 valence electrons. The van der Waals surface area contributed by atoms with Gasteiger partial charge in [-0.05, 0) is 67.5 Å². The quantitative estimate of drug-likeness (QED) is 0.623. The molecule has 5 heteroatoms. The van der Waals surface area contributed by atoms with Crippen LogP contribution in [-0.4, -0.2) is 24.7 Å². The Morgan fingerprint density at radius 3 is 2.84 bits per heavy atom. The molecule has 1 aromatic heterocycles. The minimum absolute atomic E-state index is 0.0327. The Kier molecular flexibility index (Phi) is 5.95. The molecule has 4 nitrogen and oxygen atoms in total. The standard InChI is InChI=1S/C26H31N3OS/c27-26(30)20-6-3-15-29(17-20)24-7-2-1-5-19(24)11-12-21(18-9-10-18)22-13-14-23(28-22)25-8-4-16-31-25/h1-2,4-5,7-8,13,16,18,20-21H,3,6,9-12,14-15,17H2,(H2,27,30). The first-order valence-corrected chi connectivity index (χ1v) is 12.5. The molecule has 2 unspecified atom stereocenters. The first-order valence-electron chi connectivity index (χ1n) is 11.6. The SMILES string of the molecule is NC(=O)C1CCCN(c2ccccc2CCC(C2=CCC(c3cccs3)=N2)C2CC2)C1. The topological polar surface area (TPSA) is 58.7 Å².